The molecule has 0 saturated carbocycles. The van der Waals surface area contributed by atoms with Crippen LogP contribution in [0.3, 0.4) is 0 Å². The summed E-state index contributed by atoms with van der Waals surface area (Å²) < 4.78 is 22.6. The molecule has 0 unspecified atom stereocenters. The summed E-state index contributed by atoms with van der Waals surface area (Å²) in [5, 5.41) is 0. The summed E-state index contributed by atoms with van der Waals surface area (Å²) in [6.45, 7) is 3.25. The summed E-state index contributed by atoms with van der Waals surface area (Å²) in [6.07, 6.45) is 2.01. The van der Waals surface area contributed by atoms with Gasteiger partial charge in [0.05, 0.1) is 5.75 Å². The smallest absolute Gasteiger partial charge is 0.253 e. The van der Waals surface area contributed by atoms with Crippen LogP contribution >= 0.6 is 0 Å². The van der Waals surface area contributed by atoms with Crippen LogP contribution in [0.2, 0.25) is 0 Å². The zero-order valence-corrected chi connectivity index (χ0v) is 14.9. The lowest BCUT2D eigenvalue weighted by atomic mass is 10.1. The maximum Gasteiger partial charge on any atom is 0.253 e. The fourth-order valence-electron chi connectivity index (χ4n) is 2.54. The Labute approximate surface area is 144 Å². The van der Waals surface area contributed by atoms with Gasteiger partial charge < -0.3 is 4.90 Å². The van der Waals surface area contributed by atoms with Crippen molar-refractivity contribution in [3.8, 4) is 0 Å². The number of carbonyl (C=O) groups excluding carboxylic acids is 1. The lowest BCUT2D eigenvalue weighted by Gasteiger charge is -2.21. The van der Waals surface area contributed by atoms with E-state index in [1.807, 2.05) is 25.1 Å². The quantitative estimate of drug-likeness (QED) is 0.775. The number of hydrogen-bond donors (Lipinski definition) is 0. The Morgan fingerprint density at radius 1 is 0.958 bits per heavy atom. The van der Waals surface area contributed by atoms with Crippen molar-refractivity contribution >= 4 is 15.7 Å². The van der Waals surface area contributed by atoms with Crippen molar-refractivity contribution in [3.05, 3.63) is 71.3 Å². The first kappa shape index (κ1) is 18.2. The van der Waals surface area contributed by atoms with Crippen molar-refractivity contribution in [2.24, 2.45) is 0 Å². The monoisotopic (exact) mass is 345 g/mol. The Morgan fingerprint density at radius 2 is 1.58 bits per heavy atom. The number of amides is 1. The van der Waals surface area contributed by atoms with Crippen LogP contribution in [0, 0.1) is 0 Å². The zero-order valence-electron chi connectivity index (χ0n) is 14.1. The third kappa shape index (κ3) is 5.49. The molecule has 0 aliphatic rings. The molecular weight excluding hydrogens is 322 g/mol. The number of hydrogen-bond acceptors (Lipinski definition) is 3. The second kappa shape index (κ2) is 8.11. The van der Waals surface area contributed by atoms with Crippen molar-refractivity contribution in [2.75, 3.05) is 19.3 Å². The third-order valence-corrected chi connectivity index (χ3v) is 4.67. The lowest BCUT2D eigenvalue weighted by Crippen LogP contribution is -2.32. The van der Waals surface area contributed by atoms with Crippen LogP contribution in [0.5, 0.6) is 0 Å². The highest BCUT2D eigenvalue weighted by molar-refractivity contribution is 7.89. The van der Waals surface area contributed by atoms with Gasteiger partial charge in [0.25, 0.3) is 5.91 Å². The fraction of sp³-hybridized carbons (Fsp3) is 0.316. The Balaban J connectivity index is 2.02. The van der Waals surface area contributed by atoms with Gasteiger partial charge in [0.1, 0.15) is 0 Å². The van der Waals surface area contributed by atoms with E-state index >= 15 is 0 Å². The van der Waals surface area contributed by atoms with Crippen LogP contribution in [0.25, 0.3) is 0 Å². The summed E-state index contributed by atoms with van der Waals surface area (Å²) in [6, 6.07) is 16.9. The third-order valence-electron chi connectivity index (χ3n) is 3.81. The summed E-state index contributed by atoms with van der Waals surface area (Å²) in [4.78, 5) is 14.4. The van der Waals surface area contributed by atoms with E-state index < -0.39 is 9.84 Å². The SMILES string of the molecule is CCN(CCc1ccccc1)C(=O)c1ccc(CS(C)(=O)=O)cc1. The van der Waals surface area contributed by atoms with E-state index in [0.29, 0.717) is 24.2 Å². The molecule has 128 valence electrons. The molecule has 0 atom stereocenters. The van der Waals surface area contributed by atoms with Crippen molar-refractivity contribution < 1.29 is 13.2 Å². The molecule has 4 nitrogen and oxygen atoms in total. The van der Waals surface area contributed by atoms with Crippen LogP contribution in [-0.2, 0) is 22.0 Å². The number of rotatable bonds is 7. The van der Waals surface area contributed by atoms with Gasteiger partial charge >= 0.3 is 0 Å². The molecule has 0 fully saturated rings. The van der Waals surface area contributed by atoms with Gasteiger partial charge in [-0.2, -0.15) is 0 Å². The van der Waals surface area contributed by atoms with Gasteiger partial charge in [-0.1, -0.05) is 42.5 Å². The van der Waals surface area contributed by atoms with Crippen molar-refractivity contribution in [1.82, 2.24) is 4.90 Å². The van der Waals surface area contributed by atoms with Gasteiger partial charge in [0.2, 0.25) is 0 Å². The second-order valence-electron chi connectivity index (χ2n) is 5.89. The molecule has 2 rings (SSSR count). The molecule has 0 aliphatic carbocycles. The van der Waals surface area contributed by atoms with Crippen LogP contribution in [0.15, 0.2) is 54.6 Å². The molecule has 0 aliphatic heterocycles. The summed E-state index contributed by atoms with van der Waals surface area (Å²) in [7, 11) is -3.07. The number of benzene rings is 2. The molecule has 5 heteroatoms. The number of likely N-dealkylation sites (N-methyl/N-ethyl adjacent to an activating group) is 1. The van der Waals surface area contributed by atoms with Crippen LogP contribution < -0.4 is 0 Å². The van der Waals surface area contributed by atoms with Gasteiger partial charge in [-0.15, -0.1) is 0 Å². The average Bonchev–Trinajstić information content (AvgIpc) is 2.55. The van der Waals surface area contributed by atoms with Crippen molar-refractivity contribution in [3.63, 3.8) is 0 Å². The molecule has 0 aromatic heterocycles. The molecule has 24 heavy (non-hydrogen) atoms. The van der Waals surface area contributed by atoms with Crippen LogP contribution in [0.4, 0.5) is 0 Å². The van der Waals surface area contributed by atoms with Gasteiger partial charge in [-0.25, -0.2) is 8.42 Å². The molecule has 0 N–H and O–H groups in total. The largest absolute Gasteiger partial charge is 0.339 e. The number of nitrogens with zero attached hydrogens (tertiary/aromatic N) is 1. The van der Waals surface area contributed by atoms with Crippen LogP contribution in [-0.4, -0.2) is 38.6 Å². The maximum atomic E-state index is 12.6. The molecule has 0 spiro atoms. The molecule has 0 bridgehead atoms. The molecule has 2 aromatic rings. The van der Waals surface area contributed by atoms with Crippen molar-refractivity contribution in [1.29, 1.82) is 0 Å². The summed E-state index contributed by atoms with van der Waals surface area (Å²) >= 11 is 0. The summed E-state index contributed by atoms with van der Waals surface area (Å²) in [5.74, 6) is -0.0354. The van der Waals surface area contributed by atoms with Gasteiger partial charge in [0, 0.05) is 24.9 Å². The minimum atomic E-state index is -3.07. The molecule has 2 aromatic carbocycles. The van der Waals surface area contributed by atoms with E-state index in [9.17, 15) is 13.2 Å². The highest BCUT2D eigenvalue weighted by Crippen LogP contribution is 2.11. The molecule has 0 saturated heterocycles. The Kier molecular flexibility index (Phi) is 6.15. The van der Waals surface area contributed by atoms with E-state index in [-0.39, 0.29) is 11.7 Å². The molecular formula is C19H23NO3S. The van der Waals surface area contributed by atoms with Gasteiger partial charge in [-0.3, -0.25) is 4.79 Å². The first-order valence-electron chi connectivity index (χ1n) is 7.99. The maximum absolute atomic E-state index is 12.6. The van der Waals surface area contributed by atoms with E-state index in [1.54, 1.807) is 29.2 Å². The Bertz CT molecular complexity index is 768. The zero-order chi connectivity index (χ0) is 17.6. The Morgan fingerprint density at radius 3 is 2.12 bits per heavy atom. The topological polar surface area (TPSA) is 54.5 Å². The lowest BCUT2D eigenvalue weighted by molar-refractivity contribution is 0.0766. The standard InChI is InChI=1S/C19H23NO3S/c1-3-20(14-13-16-7-5-4-6-8-16)19(21)18-11-9-17(10-12-18)15-24(2,22)23/h4-12H,3,13-15H2,1-2H3. The highest BCUT2D eigenvalue weighted by atomic mass is 32.2. The predicted octanol–water partition coefficient (Wildman–Crippen LogP) is 2.94. The van der Waals surface area contributed by atoms with Gasteiger partial charge in [0.15, 0.2) is 9.84 Å². The predicted molar refractivity (Wildman–Crippen MR) is 96.7 cm³/mol. The van der Waals surface area contributed by atoms with Gasteiger partial charge in [-0.05, 0) is 36.6 Å². The minimum Gasteiger partial charge on any atom is -0.339 e. The number of carbonyl (C=O) groups is 1. The van der Waals surface area contributed by atoms with E-state index in [2.05, 4.69) is 12.1 Å². The molecule has 0 heterocycles. The van der Waals surface area contributed by atoms with E-state index in [4.69, 9.17) is 0 Å². The van der Waals surface area contributed by atoms with Crippen LogP contribution in [0.1, 0.15) is 28.4 Å². The molecule has 1 amide bonds. The number of sulfone groups is 1. The molecule has 0 radical (unpaired) electrons. The van der Waals surface area contributed by atoms with E-state index in [0.717, 1.165) is 6.42 Å². The fourth-order valence-corrected chi connectivity index (χ4v) is 3.34. The Hall–Kier alpha value is -2.14. The normalized spacial score (nSPS) is 11.2. The van der Waals surface area contributed by atoms with E-state index in [1.165, 1.54) is 11.8 Å². The summed E-state index contributed by atoms with van der Waals surface area (Å²) in [5.41, 5.74) is 2.48. The first-order chi connectivity index (χ1) is 11.4. The minimum absolute atomic E-state index is 0.00697. The first-order valence-corrected chi connectivity index (χ1v) is 10.0. The average molecular weight is 345 g/mol. The van der Waals surface area contributed by atoms with Crippen molar-refractivity contribution in [2.45, 2.75) is 19.1 Å². The highest BCUT2D eigenvalue weighted by Gasteiger charge is 2.14. The second-order valence-corrected chi connectivity index (χ2v) is 8.03.